The van der Waals surface area contributed by atoms with Crippen LogP contribution in [0.4, 0.5) is 5.69 Å². The predicted molar refractivity (Wildman–Crippen MR) is 139 cm³/mol. The molecule has 2 aliphatic heterocycles. The Morgan fingerprint density at radius 1 is 1.13 bits per heavy atom. The van der Waals surface area contributed by atoms with Crippen molar-refractivity contribution in [3.05, 3.63) is 59.7 Å². The molecule has 2 aromatic carbocycles. The fraction of sp³-hybridized carbons (Fsp3) is 0.458. The molecule has 1 unspecified atom stereocenters. The van der Waals surface area contributed by atoms with Crippen molar-refractivity contribution < 1.29 is 4.74 Å². The van der Waals surface area contributed by atoms with Crippen LogP contribution in [0.3, 0.4) is 0 Å². The summed E-state index contributed by atoms with van der Waals surface area (Å²) in [5, 5.41) is 3.37. The third-order valence-corrected chi connectivity index (χ3v) is 5.93. The molecule has 3 N–H and O–H groups in total. The zero-order valence-corrected chi connectivity index (χ0v) is 20.6. The summed E-state index contributed by atoms with van der Waals surface area (Å²) < 4.78 is 5.71. The first-order chi connectivity index (χ1) is 14.7. The minimum atomic E-state index is 0. The van der Waals surface area contributed by atoms with Crippen molar-refractivity contribution in [2.75, 3.05) is 50.8 Å². The van der Waals surface area contributed by atoms with Gasteiger partial charge < -0.3 is 20.7 Å². The molecule has 0 spiro atoms. The van der Waals surface area contributed by atoms with Crippen LogP contribution < -0.4 is 20.7 Å². The highest BCUT2D eigenvalue weighted by Gasteiger charge is 2.21. The van der Waals surface area contributed by atoms with E-state index >= 15 is 0 Å². The zero-order valence-electron chi connectivity index (χ0n) is 18.3. The number of para-hydroxylation sites is 1. The molecule has 31 heavy (non-hydrogen) atoms. The summed E-state index contributed by atoms with van der Waals surface area (Å²) in [4.78, 5) is 9.56. The molecule has 1 fully saturated rings. The van der Waals surface area contributed by atoms with Gasteiger partial charge in [0.2, 0.25) is 0 Å². The molecule has 2 heterocycles. The number of nitrogens with one attached hydrogen (secondary N) is 1. The number of rotatable bonds is 6. The topological polar surface area (TPSA) is 66.1 Å². The summed E-state index contributed by atoms with van der Waals surface area (Å²) in [6.07, 6.45) is 1.93. The fourth-order valence-electron chi connectivity index (χ4n) is 4.26. The maximum Gasteiger partial charge on any atom is 0.189 e. The molecule has 0 bridgehead atoms. The van der Waals surface area contributed by atoms with E-state index in [1.807, 2.05) is 18.2 Å². The van der Waals surface area contributed by atoms with Gasteiger partial charge in [-0.25, -0.2) is 0 Å². The van der Waals surface area contributed by atoms with Gasteiger partial charge in [0, 0.05) is 56.9 Å². The van der Waals surface area contributed by atoms with Gasteiger partial charge in [-0.05, 0) is 37.1 Å². The van der Waals surface area contributed by atoms with Gasteiger partial charge >= 0.3 is 0 Å². The highest BCUT2D eigenvalue weighted by Crippen LogP contribution is 2.31. The molecule has 0 aliphatic carbocycles. The lowest BCUT2D eigenvalue weighted by Gasteiger charge is -2.36. The molecule has 0 saturated carbocycles. The quantitative estimate of drug-likeness (QED) is 0.257. The van der Waals surface area contributed by atoms with Crippen molar-refractivity contribution in [2.45, 2.75) is 25.8 Å². The predicted octanol–water partition coefficient (Wildman–Crippen LogP) is 3.55. The van der Waals surface area contributed by atoms with Crippen molar-refractivity contribution in [1.82, 2.24) is 10.2 Å². The van der Waals surface area contributed by atoms with E-state index in [1.165, 1.54) is 11.3 Å². The van der Waals surface area contributed by atoms with E-state index in [0.29, 0.717) is 12.6 Å². The molecule has 0 radical (unpaired) electrons. The molecule has 6 nitrogen and oxygen atoms in total. The average molecular weight is 535 g/mol. The number of halogens is 1. The van der Waals surface area contributed by atoms with Gasteiger partial charge in [-0.2, -0.15) is 0 Å². The lowest BCUT2D eigenvalue weighted by molar-refractivity contribution is 0.256. The lowest BCUT2D eigenvalue weighted by atomic mass is 10.0. The second kappa shape index (κ2) is 11.6. The van der Waals surface area contributed by atoms with Crippen molar-refractivity contribution in [1.29, 1.82) is 0 Å². The molecule has 168 valence electrons. The Hall–Kier alpha value is -2.00. The van der Waals surface area contributed by atoms with E-state index in [2.05, 4.69) is 57.4 Å². The Balaban J connectivity index is 0.00000272. The second-order valence-electron chi connectivity index (χ2n) is 8.16. The second-order valence-corrected chi connectivity index (χ2v) is 8.16. The van der Waals surface area contributed by atoms with Gasteiger partial charge in [0.05, 0.1) is 12.6 Å². The average Bonchev–Trinajstić information content (AvgIpc) is 2.77. The van der Waals surface area contributed by atoms with Gasteiger partial charge in [0.25, 0.3) is 0 Å². The highest BCUT2D eigenvalue weighted by molar-refractivity contribution is 14.0. The van der Waals surface area contributed by atoms with Crippen LogP contribution in [0, 0.1) is 6.92 Å². The summed E-state index contributed by atoms with van der Waals surface area (Å²) in [6.45, 7) is 9.05. The monoisotopic (exact) mass is 535 g/mol. The Labute approximate surface area is 202 Å². The summed E-state index contributed by atoms with van der Waals surface area (Å²) in [5.41, 5.74) is 9.98. The number of aliphatic imine (C=N–C) groups is 1. The van der Waals surface area contributed by atoms with Crippen LogP contribution in [0.15, 0.2) is 53.5 Å². The molecule has 2 aromatic rings. The maximum atomic E-state index is 6.15. The van der Waals surface area contributed by atoms with E-state index in [4.69, 9.17) is 10.5 Å². The van der Waals surface area contributed by atoms with Crippen molar-refractivity contribution in [2.24, 2.45) is 10.7 Å². The molecular formula is C24H34IN5O. The van der Waals surface area contributed by atoms with Crippen LogP contribution in [0.1, 0.15) is 30.0 Å². The first-order valence-corrected chi connectivity index (χ1v) is 11.0. The van der Waals surface area contributed by atoms with Crippen LogP contribution in [-0.2, 0) is 0 Å². The highest BCUT2D eigenvalue weighted by atomic mass is 127. The van der Waals surface area contributed by atoms with E-state index in [-0.39, 0.29) is 30.0 Å². The van der Waals surface area contributed by atoms with Crippen molar-refractivity contribution in [3.63, 3.8) is 0 Å². The largest absolute Gasteiger partial charge is 0.493 e. The van der Waals surface area contributed by atoms with Crippen LogP contribution in [-0.4, -0.2) is 56.7 Å². The standard InChI is InChI=1S/C24H33N5O.HI/c1-19-6-4-7-20(18-19)29-15-13-28(14-16-29)12-5-11-26-24(25)27-22-10-17-30-23-9-3-2-8-21(22)23;/h2-4,6-9,18,22H,5,10-17H2,1H3,(H3,25,26,27);1H. The number of piperazine rings is 1. The number of nitrogens with zero attached hydrogens (tertiary/aromatic N) is 3. The number of hydrogen-bond donors (Lipinski definition) is 2. The number of anilines is 1. The van der Waals surface area contributed by atoms with Gasteiger partial charge in [0.1, 0.15) is 5.75 Å². The Morgan fingerprint density at radius 3 is 2.74 bits per heavy atom. The van der Waals surface area contributed by atoms with Gasteiger partial charge in [-0.3, -0.25) is 9.89 Å². The van der Waals surface area contributed by atoms with Crippen molar-refractivity contribution in [3.8, 4) is 5.75 Å². The Morgan fingerprint density at radius 2 is 1.94 bits per heavy atom. The van der Waals surface area contributed by atoms with Crippen LogP contribution in [0.5, 0.6) is 5.75 Å². The summed E-state index contributed by atoms with van der Waals surface area (Å²) >= 11 is 0. The number of aryl methyl sites for hydroxylation is 1. The van der Waals surface area contributed by atoms with E-state index < -0.39 is 0 Å². The van der Waals surface area contributed by atoms with Crippen LogP contribution in [0.25, 0.3) is 0 Å². The zero-order chi connectivity index (χ0) is 20.8. The number of ether oxygens (including phenoxy) is 1. The van der Waals surface area contributed by atoms with E-state index in [0.717, 1.165) is 63.4 Å². The molecule has 0 amide bonds. The molecule has 2 aliphatic rings. The maximum absolute atomic E-state index is 6.15. The molecule has 4 rings (SSSR count). The van der Waals surface area contributed by atoms with Crippen LogP contribution >= 0.6 is 24.0 Å². The van der Waals surface area contributed by atoms with Gasteiger partial charge in [-0.1, -0.05) is 30.3 Å². The van der Waals surface area contributed by atoms with E-state index in [1.54, 1.807) is 0 Å². The number of nitrogens with two attached hydrogens (primary N) is 1. The number of guanidine groups is 1. The lowest BCUT2D eigenvalue weighted by Crippen LogP contribution is -2.46. The SMILES string of the molecule is Cc1cccc(N2CCN(CCCN=C(N)NC3CCOc4ccccc43)CC2)c1.I. The molecular weight excluding hydrogens is 501 g/mol. The number of hydrogen-bond acceptors (Lipinski definition) is 4. The van der Waals surface area contributed by atoms with Gasteiger partial charge in [-0.15, -0.1) is 24.0 Å². The van der Waals surface area contributed by atoms with Crippen molar-refractivity contribution >= 4 is 35.6 Å². The minimum Gasteiger partial charge on any atom is -0.493 e. The third-order valence-electron chi connectivity index (χ3n) is 5.93. The Kier molecular flexibility index (Phi) is 8.83. The molecule has 1 atom stereocenters. The third kappa shape index (κ3) is 6.49. The summed E-state index contributed by atoms with van der Waals surface area (Å²) in [6, 6.07) is 17.1. The first-order valence-electron chi connectivity index (χ1n) is 11.0. The first kappa shape index (κ1) is 23.7. The number of benzene rings is 2. The van der Waals surface area contributed by atoms with Gasteiger partial charge in [0.15, 0.2) is 5.96 Å². The summed E-state index contributed by atoms with van der Waals surface area (Å²) in [5.74, 6) is 1.47. The normalized spacial score (nSPS) is 19.2. The number of fused-ring (bicyclic) bond motifs is 1. The summed E-state index contributed by atoms with van der Waals surface area (Å²) in [7, 11) is 0. The molecule has 7 heteroatoms. The fourth-order valence-corrected chi connectivity index (χ4v) is 4.26. The Bertz CT molecular complexity index is 867. The smallest absolute Gasteiger partial charge is 0.189 e. The molecule has 1 saturated heterocycles. The van der Waals surface area contributed by atoms with Crippen LogP contribution in [0.2, 0.25) is 0 Å². The minimum absolute atomic E-state index is 0. The molecule has 0 aromatic heterocycles. The van der Waals surface area contributed by atoms with E-state index in [9.17, 15) is 0 Å².